The molecule has 0 saturated heterocycles. The van der Waals surface area contributed by atoms with E-state index < -0.39 is 5.82 Å². The third kappa shape index (κ3) is 2.36. The number of halogens is 1. The Morgan fingerprint density at radius 3 is 2.64 bits per heavy atom. The normalized spacial score (nSPS) is 11.2. The van der Waals surface area contributed by atoms with E-state index in [1.54, 1.807) is 11.5 Å². The number of aryl methyl sites for hydroxylation is 1. The lowest BCUT2D eigenvalue weighted by Crippen LogP contribution is -2.00. The van der Waals surface area contributed by atoms with Crippen LogP contribution in [-0.2, 0) is 0 Å². The molecule has 0 N–H and O–H groups in total. The van der Waals surface area contributed by atoms with Crippen LogP contribution in [0.15, 0.2) is 36.4 Å². The van der Waals surface area contributed by atoms with Gasteiger partial charge in [0.05, 0.1) is 25.4 Å². The van der Waals surface area contributed by atoms with Crippen molar-refractivity contribution in [1.29, 1.82) is 0 Å². The van der Waals surface area contributed by atoms with Crippen LogP contribution in [0.2, 0.25) is 0 Å². The minimum absolute atomic E-state index is 0.326. The van der Waals surface area contributed by atoms with Gasteiger partial charge in [0.1, 0.15) is 17.4 Å². The van der Waals surface area contributed by atoms with Gasteiger partial charge in [0.25, 0.3) is 0 Å². The number of ether oxygens (including phenoxy) is 2. The standard InChI is InChI=1S/C18H15FN4O2/c1-10-17-22-21-16-14(8-12(19)9-15(16)25-3)23(17)18(20-10)11-5-4-6-13(7-11)24-2/h4-9H,1-3H3. The summed E-state index contributed by atoms with van der Waals surface area (Å²) in [7, 11) is 3.08. The highest BCUT2D eigenvalue weighted by Gasteiger charge is 2.18. The van der Waals surface area contributed by atoms with Crippen LogP contribution in [0.3, 0.4) is 0 Å². The van der Waals surface area contributed by atoms with Crippen molar-refractivity contribution in [2.75, 3.05) is 14.2 Å². The summed E-state index contributed by atoms with van der Waals surface area (Å²) >= 11 is 0. The Morgan fingerprint density at radius 1 is 1.04 bits per heavy atom. The molecular formula is C18H15FN4O2. The van der Waals surface area contributed by atoms with Gasteiger partial charge < -0.3 is 9.47 Å². The Bertz CT molecular complexity index is 1110. The molecule has 0 saturated carbocycles. The molecule has 2 aromatic carbocycles. The number of nitrogens with zero attached hydrogens (tertiary/aromatic N) is 4. The summed E-state index contributed by atoms with van der Waals surface area (Å²) < 4.78 is 26.4. The summed E-state index contributed by atoms with van der Waals surface area (Å²) in [5.41, 5.74) is 3.12. The average molecular weight is 338 g/mol. The SMILES string of the molecule is COc1cccc(-c2nc(C)c3nnc4c(OC)cc(F)cc4n23)c1. The van der Waals surface area contributed by atoms with Gasteiger partial charge in [-0.3, -0.25) is 4.40 Å². The maximum absolute atomic E-state index is 14.1. The highest BCUT2D eigenvalue weighted by Crippen LogP contribution is 2.31. The highest BCUT2D eigenvalue weighted by molar-refractivity contribution is 5.85. The first-order chi connectivity index (χ1) is 12.1. The molecule has 0 atom stereocenters. The largest absolute Gasteiger partial charge is 0.497 e. The molecule has 0 unspecified atom stereocenters. The minimum atomic E-state index is -0.415. The number of methoxy groups -OCH3 is 2. The van der Waals surface area contributed by atoms with Crippen LogP contribution in [0.1, 0.15) is 5.69 Å². The fraction of sp³-hybridized carbons (Fsp3) is 0.167. The van der Waals surface area contributed by atoms with Crippen molar-refractivity contribution in [3.05, 3.63) is 47.9 Å². The van der Waals surface area contributed by atoms with E-state index in [0.29, 0.717) is 39.7 Å². The first-order valence-electron chi connectivity index (χ1n) is 7.66. The van der Waals surface area contributed by atoms with E-state index >= 15 is 0 Å². The van der Waals surface area contributed by atoms with Crippen LogP contribution in [0, 0.1) is 12.7 Å². The van der Waals surface area contributed by atoms with Gasteiger partial charge in [-0.1, -0.05) is 12.1 Å². The molecule has 0 aliphatic rings. The van der Waals surface area contributed by atoms with E-state index in [2.05, 4.69) is 15.2 Å². The Kier molecular flexibility index (Phi) is 3.49. The molecule has 0 radical (unpaired) electrons. The molecule has 126 valence electrons. The topological polar surface area (TPSA) is 61.5 Å². The second-order valence-corrected chi connectivity index (χ2v) is 5.59. The fourth-order valence-electron chi connectivity index (χ4n) is 2.91. The van der Waals surface area contributed by atoms with Crippen LogP contribution >= 0.6 is 0 Å². The summed E-state index contributed by atoms with van der Waals surface area (Å²) in [6.07, 6.45) is 0. The fourth-order valence-corrected chi connectivity index (χ4v) is 2.91. The summed E-state index contributed by atoms with van der Waals surface area (Å²) in [6.45, 7) is 1.84. The molecule has 6 nitrogen and oxygen atoms in total. The maximum atomic E-state index is 14.1. The number of hydrogen-bond acceptors (Lipinski definition) is 5. The molecular weight excluding hydrogens is 323 g/mol. The highest BCUT2D eigenvalue weighted by atomic mass is 19.1. The van der Waals surface area contributed by atoms with Crippen LogP contribution < -0.4 is 9.47 Å². The first kappa shape index (κ1) is 15.3. The molecule has 2 aromatic heterocycles. The third-order valence-electron chi connectivity index (χ3n) is 4.07. The van der Waals surface area contributed by atoms with Gasteiger partial charge in [0.15, 0.2) is 16.9 Å². The van der Waals surface area contributed by atoms with Crippen molar-refractivity contribution in [2.45, 2.75) is 6.92 Å². The molecule has 0 amide bonds. The Hall–Kier alpha value is -3.22. The monoisotopic (exact) mass is 338 g/mol. The van der Waals surface area contributed by atoms with Gasteiger partial charge >= 0.3 is 0 Å². The molecule has 0 fully saturated rings. The molecule has 4 rings (SSSR count). The number of fused-ring (bicyclic) bond motifs is 3. The number of benzene rings is 2. The second-order valence-electron chi connectivity index (χ2n) is 5.59. The average Bonchev–Trinajstić information content (AvgIpc) is 2.98. The summed E-state index contributed by atoms with van der Waals surface area (Å²) in [6, 6.07) is 10.2. The zero-order chi connectivity index (χ0) is 17.6. The van der Waals surface area contributed by atoms with Crippen molar-refractivity contribution < 1.29 is 13.9 Å². The molecule has 0 aliphatic carbocycles. The predicted octanol–water partition coefficient (Wildman–Crippen LogP) is 3.41. The quantitative estimate of drug-likeness (QED) is 0.573. The van der Waals surface area contributed by atoms with Crippen molar-refractivity contribution in [1.82, 2.24) is 19.6 Å². The number of rotatable bonds is 3. The Labute approximate surface area is 142 Å². The van der Waals surface area contributed by atoms with Crippen LogP contribution in [0.5, 0.6) is 11.5 Å². The third-order valence-corrected chi connectivity index (χ3v) is 4.07. The maximum Gasteiger partial charge on any atom is 0.183 e. The van der Waals surface area contributed by atoms with Gasteiger partial charge in [-0.05, 0) is 19.1 Å². The van der Waals surface area contributed by atoms with Gasteiger partial charge in [-0.2, -0.15) is 0 Å². The summed E-state index contributed by atoms with van der Waals surface area (Å²) in [4.78, 5) is 4.61. The first-order valence-corrected chi connectivity index (χ1v) is 7.66. The molecule has 0 aliphatic heterocycles. The lowest BCUT2D eigenvalue weighted by atomic mass is 10.2. The molecule has 2 heterocycles. The number of hydrogen-bond donors (Lipinski definition) is 0. The summed E-state index contributed by atoms with van der Waals surface area (Å²) in [5.74, 6) is 1.26. The minimum Gasteiger partial charge on any atom is -0.497 e. The molecule has 4 aromatic rings. The van der Waals surface area contributed by atoms with Crippen molar-refractivity contribution in [3.63, 3.8) is 0 Å². The van der Waals surface area contributed by atoms with E-state index in [-0.39, 0.29) is 0 Å². The van der Waals surface area contributed by atoms with Gasteiger partial charge in [0, 0.05) is 17.7 Å². The molecule has 0 bridgehead atoms. The molecule has 0 spiro atoms. The molecule has 25 heavy (non-hydrogen) atoms. The second kappa shape index (κ2) is 5.70. The van der Waals surface area contributed by atoms with Crippen LogP contribution in [0.4, 0.5) is 4.39 Å². The van der Waals surface area contributed by atoms with E-state index in [9.17, 15) is 4.39 Å². The van der Waals surface area contributed by atoms with Gasteiger partial charge in [0.2, 0.25) is 0 Å². The zero-order valence-corrected chi connectivity index (χ0v) is 13.9. The van der Waals surface area contributed by atoms with Crippen LogP contribution in [-0.4, -0.2) is 33.8 Å². The predicted molar refractivity (Wildman–Crippen MR) is 91.5 cm³/mol. The number of aromatic nitrogens is 4. The number of imidazole rings is 1. The lowest BCUT2D eigenvalue weighted by molar-refractivity contribution is 0.415. The Balaban J connectivity index is 2.13. The van der Waals surface area contributed by atoms with Crippen molar-refractivity contribution in [2.24, 2.45) is 0 Å². The van der Waals surface area contributed by atoms with E-state index in [4.69, 9.17) is 9.47 Å². The molecule has 7 heteroatoms. The zero-order valence-electron chi connectivity index (χ0n) is 13.9. The van der Waals surface area contributed by atoms with Crippen LogP contribution in [0.25, 0.3) is 28.1 Å². The smallest absolute Gasteiger partial charge is 0.183 e. The van der Waals surface area contributed by atoms with Crippen molar-refractivity contribution >= 4 is 16.7 Å². The van der Waals surface area contributed by atoms with E-state index in [1.807, 2.05) is 31.2 Å². The van der Waals surface area contributed by atoms with Gasteiger partial charge in [-0.25, -0.2) is 9.37 Å². The van der Waals surface area contributed by atoms with Gasteiger partial charge in [-0.15, -0.1) is 10.2 Å². The van der Waals surface area contributed by atoms with Crippen molar-refractivity contribution in [3.8, 4) is 22.9 Å². The van der Waals surface area contributed by atoms with E-state index in [0.717, 1.165) is 5.56 Å². The lowest BCUT2D eigenvalue weighted by Gasteiger charge is -2.09. The van der Waals surface area contributed by atoms with E-state index in [1.165, 1.54) is 19.2 Å². The summed E-state index contributed by atoms with van der Waals surface area (Å²) in [5, 5.41) is 8.45. The Morgan fingerprint density at radius 2 is 1.88 bits per heavy atom.